The smallest absolute Gasteiger partial charge is 0.120 e. The third-order valence-corrected chi connectivity index (χ3v) is 2.73. The van der Waals surface area contributed by atoms with Gasteiger partial charge in [0.2, 0.25) is 0 Å². The SMILES string of the molecule is Cc1cccc(OCc2ccc(N)c(C)c2)c1. The molecule has 0 aliphatic heterocycles. The van der Waals surface area contributed by atoms with Crippen molar-refractivity contribution in [1.82, 2.24) is 0 Å². The lowest BCUT2D eigenvalue weighted by Crippen LogP contribution is -1.97. The van der Waals surface area contributed by atoms with E-state index < -0.39 is 0 Å². The molecule has 0 bridgehead atoms. The van der Waals surface area contributed by atoms with Gasteiger partial charge in [0, 0.05) is 5.69 Å². The summed E-state index contributed by atoms with van der Waals surface area (Å²) >= 11 is 0. The van der Waals surface area contributed by atoms with Gasteiger partial charge < -0.3 is 10.5 Å². The summed E-state index contributed by atoms with van der Waals surface area (Å²) in [4.78, 5) is 0. The molecule has 0 fully saturated rings. The maximum absolute atomic E-state index is 5.78. The van der Waals surface area contributed by atoms with Crippen LogP contribution < -0.4 is 10.5 Å². The van der Waals surface area contributed by atoms with E-state index >= 15 is 0 Å². The van der Waals surface area contributed by atoms with Gasteiger partial charge in [-0.1, -0.05) is 24.3 Å². The molecule has 2 aromatic rings. The summed E-state index contributed by atoms with van der Waals surface area (Å²) in [7, 11) is 0. The average Bonchev–Trinajstić information content (AvgIpc) is 2.31. The van der Waals surface area contributed by atoms with Crippen LogP contribution in [0.4, 0.5) is 5.69 Å². The molecular weight excluding hydrogens is 210 g/mol. The van der Waals surface area contributed by atoms with Crippen LogP contribution in [-0.2, 0) is 6.61 Å². The van der Waals surface area contributed by atoms with Crippen molar-refractivity contribution in [1.29, 1.82) is 0 Å². The van der Waals surface area contributed by atoms with E-state index in [1.807, 2.05) is 37.3 Å². The maximum Gasteiger partial charge on any atom is 0.120 e. The third kappa shape index (κ3) is 3.00. The Hall–Kier alpha value is -1.96. The topological polar surface area (TPSA) is 35.2 Å². The van der Waals surface area contributed by atoms with Crippen molar-refractivity contribution in [3.63, 3.8) is 0 Å². The summed E-state index contributed by atoms with van der Waals surface area (Å²) in [6.45, 7) is 4.64. The van der Waals surface area contributed by atoms with E-state index in [0.29, 0.717) is 6.61 Å². The molecule has 88 valence electrons. The molecule has 0 aliphatic rings. The Bertz CT molecular complexity index is 520. The Labute approximate surface area is 102 Å². The van der Waals surface area contributed by atoms with Crippen LogP contribution in [-0.4, -0.2) is 0 Å². The molecule has 2 nitrogen and oxygen atoms in total. The van der Waals surface area contributed by atoms with E-state index in [1.165, 1.54) is 5.56 Å². The van der Waals surface area contributed by atoms with Crippen LogP contribution in [0.1, 0.15) is 16.7 Å². The van der Waals surface area contributed by atoms with Gasteiger partial charge in [-0.25, -0.2) is 0 Å². The second-order valence-corrected chi connectivity index (χ2v) is 4.30. The van der Waals surface area contributed by atoms with Crippen molar-refractivity contribution in [3.05, 3.63) is 59.2 Å². The van der Waals surface area contributed by atoms with Gasteiger partial charge in [0.05, 0.1) is 0 Å². The zero-order valence-corrected chi connectivity index (χ0v) is 10.2. The number of benzene rings is 2. The largest absolute Gasteiger partial charge is 0.489 e. The fourth-order valence-electron chi connectivity index (χ4n) is 1.70. The van der Waals surface area contributed by atoms with Crippen LogP contribution in [0.5, 0.6) is 5.75 Å². The molecule has 0 spiro atoms. The Morgan fingerprint density at radius 2 is 1.88 bits per heavy atom. The van der Waals surface area contributed by atoms with Gasteiger partial charge >= 0.3 is 0 Å². The minimum absolute atomic E-state index is 0.574. The fourth-order valence-corrected chi connectivity index (χ4v) is 1.70. The molecule has 2 N–H and O–H groups in total. The summed E-state index contributed by atoms with van der Waals surface area (Å²) in [6, 6.07) is 14.0. The Morgan fingerprint density at radius 3 is 2.59 bits per heavy atom. The van der Waals surface area contributed by atoms with Crippen LogP contribution in [0.25, 0.3) is 0 Å². The van der Waals surface area contributed by atoms with Crippen molar-refractivity contribution >= 4 is 5.69 Å². The molecule has 2 rings (SSSR count). The number of nitrogens with two attached hydrogens (primary N) is 1. The second-order valence-electron chi connectivity index (χ2n) is 4.30. The van der Waals surface area contributed by atoms with E-state index in [1.54, 1.807) is 0 Å². The van der Waals surface area contributed by atoms with Crippen molar-refractivity contribution < 1.29 is 4.74 Å². The molecule has 0 aromatic heterocycles. The molecule has 17 heavy (non-hydrogen) atoms. The first-order chi connectivity index (χ1) is 8.15. The Morgan fingerprint density at radius 1 is 1.06 bits per heavy atom. The normalized spacial score (nSPS) is 10.2. The number of nitrogen functional groups attached to an aromatic ring is 1. The second kappa shape index (κ2) is 4.91. The van der Waals surface area contributed by atoms with E-state index in [4.69, 9.17) is 10.5 Å². The number of aryl methyl sites for hydroxylation is 2. The predicted molar refractivity (Wildman–Crippen MR) is 71.1 cm³/mol. The van der Waals surface area contributed by atoms with E-state index in [2.05, 4.69) is 19.1 Å². The van der Waals surface area contributed by atoms with E-state index in [9.17, 15) is 0 Å². The summed E-state index contributed by atoms with van der Waals surface area (Å²) < 4.78 is 5.73. The Kier molecular flexibility index (Phi) is 3.33. The first-order valence-electron chi connectivity index (χ1n) is 5.69. The number of ether oxygens (including phenoxy) is 1. The molecule has 0 saturated heterocycles. The highest BCUT2D eigenvalue weighted by molar-refractivity contribution is 5.47. The van der Waals surface area contributed by atoms with Crippen LogP contribution in [0.3, 0.4) is 0 Å². The highest BCUT2D eigenvalue weighted by Crippen LogP contribution is 2.17. The standard InChI is InChI=1S/C15H17NO/c1-11-4-3-5-14(8-11)17-10-13-6-7-15(16)12(2)9-13/h3-9H,10,16H2,1-2H3. The molecule has 0 saturated carbocycles. The van der Waals surface area contributed by atoms with Gasteiger partial charge in [-0.2, -0.15) is 0 Å². The molecule has 0 atom stereocenters. The fraction of sp³-hybridized carbons (Fsp3) is 0.200. The summed E-state index contributed by atoms with van der Waals surface area (Å²) in [5.41, 5.74) is 10.0. The van der Waals surface area contributed by atoms with Crippen LogP contribution in [0, 0.1) is 13.8 Å². The predicted octanol–water partition coefficient (Wildman–Crippen LogP) is 3.46. The summed E-state index contributed by atoms with van der Waals surface area (Å²) in [5.74, 6) is 0.902. The average molecular weight is 227 g/mol. The van der Waals surface area contributed by atoms with Crippen molar-refractivity contribution in [2.45, 2.75) is 20.5 Å². The number of anilines is 1. The maximum atomic E-state index is 5.78. The van der Waals surface area contributed by atoms with E-state index in [0.717, 1.165) is 22.6 Å². The lowest BCUT2D eigenvalue weighted by Gasteiger charge is -2.08. The van der Waals surface area contributed by atoms with Crippen molar-refractivity contribution in [2.24, 2.45) is 0 Å². The summed E-state index contributed by atoms with van der Waals surface area (Å²) in [6.07, 6.45) is 0. The van der Waals surface area contributed by atoms with Crippen LogP contribution in [0.2, 0.25) is 0 Å². The molecule has 0 heterocycles. The molecule has 2 aromatic carbocycles. The van der Waals surface area contributed by atoms with Gasteiger partial charge in [-0.05, 0) is 48.7 Å². The highest BCUT2D eigenvalue weighted by Gasteiger charge is 1.99. The van der Waals surface area contributed by atoms with Gasteiger partial charge in [-0.3, -0.25) is 0 Å². The summed E-state index contributed by atoms with van der Waals surface area (Å²) in [5, 5.41) is 0. The third-order valence-electron chi connectivity index (χ3n) is 2.73. The quantitative estimate of drug-likeness (QED) is 0.815. The Balaban J connectivity index is 2.05. The molecule has 0 unspecified atom stereocenters. The number of hydrogen-bond acceptors (Lipinski definition) is 2. The zero-order chi connectivity index (χ0) is 12.3. The van der Waals surface area contributed by atoms with Crippen LogP contribution >= 0.6 is 0 Å². The zero-order valence-electron chi connectivity index (χ0n) is 10.2. The lowest BCUT2D eigenvalue weighted by atomic mass is 10.1. The van der Waals surface area contributed by atoms with Gasteiger partial charge in [0.15, 0.2) is 0 Å². The minimum atomic E-state index is 0.574. The number of rotatable bonds is 3. The molecule has 2 heteroatoms. The number of hydrogen-bond donors (Lipinski definition) is 1. The molecule has 0 radical (unpaired) electrons. The minimum Gasteiger partial charge on any atom is -0.489 e. The lowest BCUT2D eigenvalue weighted by molar-refractivity contribution is 0.306. The van der Waals surface area contributed by atoms with E-state index in [-0.39, 0.29) is 0 Å². The molecule has 0 amide bonds. The molecular formula is C15H17NO. The highest BCUT2D eigenvalue weighted by atomic mass is 16.5. The van der Waals surface area contributed by atoms with Crippen molar-refractivity contribution in [2.75, 3.05) is 5.73 Å². The monoisotopic (exact) mass is 227 g/mol. The first-order valence-corrected chi connectivity index (χ1v) is 5.69. The van der Waals surface area contributed by atoms with Crippen molar-refractivity contribution in [3.8, 4) is 5.75 Å². The molecule has 0 aliphatic carbocycles. The van der Waals surface area contributed by atoms with Crippen LogP contribution in [0.15, 0.2) is 42.5 Å². The van der Waals surface area contributed by atoms with Gasteiger partial charge in [0.1, 0.15) is 12.4 Å². The van der Waals surface area contributed by atoms with Gasteiger partial charge in [0.25, 0.3) is 0 Å². The first kappa shape index (κ1) is 11.5. The van der Waals surface area contributed by atoms with Gasteiger partial charge in [-0.15, -0.1) is 0 Å².